The molecule has 0 aromatic heterocycles. The molecule has 0 radical (unpaired) electrons. The zero-order valence-electron chi connectivity index (χ0n) is 19.0. The molecular formula is C27H26N2O6. The maximum absolute atomic E-state index is 12.2. The molecule has 4 rings (SSSR count). The van der Waals surface area contributed by atoms with E-state index >= 15 is 0 Å². The van der Waals surface area contributed by atoms with Crippen molar-refractivity contribution in [3.8, 4) is 11.1 Å². The Morgan fingerprint density at radius 2 is 1.46 bits per heavy atom. The zero-order valence-corrected chi connectivity index (χ0v) is 19.0. The average Bonchev–Trinajstić information content (AvgIpc) is 3.20. The van der Waals surface area contributed by atoms with Crippen LogP contribution in [0.25, 0.3) is 11.1 Å². The van der Waals surface area contributed by atoms with E-state index in [1.54, 1.807) is 30.3 Å². The number of carbonyl (C=O) groups is 3. The second-order valence-electron chi connectivity index (χ2n) is 8.05. The highest BCUT2D eigenvalue weighted by Gasteiger charge is 2.29. The van der Waals surface area contributed by atoms with Crippen LogP contribution in [0.1, 0.15) is 28.7 Å². The molecule has 0 unspecified atom stereocenters. The normalized spacial score (nSPS) is 12.8. The molecule has 0 saturated carbocycles. The number of benzene rings is 3. The second-order valence-corrected chi connectivity index (χ2v) is 8.05. The van der Waals surface area contributed by atoms with Crippen LogP contribution in [-0.2, 0) is 19.1 Å². The van der Waals surface area contributed by atoms with Crippen molar-refractivity contribution in [2.45, 2.75) is 12.0 Å². The number of rotatable bonds is 10. The molecule has 1 atom stereocenters. The van der Waals surface area contributed by atoms with E-state index in [9.17, 15) is 19.5 Å². The number of nitrogens with one attached hydrogen (secondary N) is 2. The van der Waals surface area contributed by atoms with Crippen LogP contribution in [0.2, 0.25) is 0 Å². The number of ether oxygens (including phenoxy) is 2. The van der Waals surface area contributed by atoms with Gasteiger partial charge in [0.2, 0.25) is 5.91 Å². The lowest BCUT2D eigenvalue weighted by Crippen LogP contribution is -2.36. The number of hydrogen-bond acceptors (Lipinski definition) is 5. The summed E-state index contributed by atoms with van der Waals surface area (Å²) in [6.07, 6.45) is -0.574. The molecule has 0 saturated heterocycles. The van der Waals surface area contributed by atoms with E-state index < -0.39 is 24.0 Å². The maximum atomic E-state index is 12.2. The first-order chi connectivity index (χ1) is 17.0. The summed E-state index contributed by atoms with van der Waals surface area (Å²) < 4.78 is 10.7. The minimum absolute atomic E-state index is 0.0279. The van der Waals surface area contributed by atoms with E-state index in [1.165, 1.54) is 0 Å². The van der Waals surface area contributed by atoms with Crippen molar-refractivity contribution < 1.29 is 29.0 Å². The molecule has 1 aliphatic rings. The predicted molar refractivity (Wildman–Crippen MR) is 129 cm³/mol. The molecule has 8 heteroatoms. The Bertz CT molecular complexity index is 1150. The van der Waals surface area contributed by atoms with Gasteiger partial charge in [0.25, 0.3) is 0 Å². The number of hydrogen-bond donors (Lipinski definition) is 3. The molecule has 2 amide bonds. The number of alkyl carbamates (subject to hydrolysis) is 1. The molecule has 3 aromatic rings. The number of carboxylic acids is 1. The molecule has 3 aromatic carbocycles. The third-order valence-corrected chi connectivity index (χ3v) is 5.78. The van der Waals surface area contributed by atoms with Gasteiger partial charge in [-0.1, -0.05) is 78.9 Å². The van der Waals surface area contributed by atoms with E-state index in [4.69, 9.17) is 9.47 Å². The number of carboxylic acid groups (broad SMARTS) is 1. The second kappa shape index (κ2) is 11.3. The minimum atomic E-state index is -1.17. The molecule has 0 heterocycles. The standard InChI is InChI=1S/C27H26N2O6/c30-24(29-25(26(31)32)18-8-2-1-3-9-18)17-34-15-14-28-27(33)35-16-23-21-12-6-4-10-19(21)20-11-5-7-13-22(20)23/h1-13,23,25H,14-17H2,(H,28,33)(H,29,30)(H,31,32)/t25-/m1/s1. The summed E-state index contributed by atoms with van der Waals surface area (Å²) >= 11 is 0. The Kier molecular flexibility index (Phi) is 7.74. The van der Waals surface area contributed by atoms with Crippen molar-refractivity contribution in [1.82, 2.24) is 10.6 Å². The fraction of sp³-hybridized carbons (Fsp3) is 0.222. The van der Waals surface area contributed by atoms with Gasteiger partial charge in [0.1, 0.15) is 13.2 Å². The number of aliphatic carboxylic acids is 1. The first-order valence-electron chi connectivity index (χ1n) is 11.3. The van der Waals surface area contributed by atoms with Gasteiger partial charge in [-0.2, -0.15) is 0 Å². The van der Waals surface area contributed by atoms with Crippen LogP contribution in [0.4, 0.5) is 4.79 Å². The van der Waals surface area contributed by atoms with Crippen molar-refractivity contribution in [1.29, 1.82) is 0 Å². The lowest BCUT2D eigenvalue weighted by molar-refractivity contribution is -0.142. The lowest BCUT2D eigenvalue weighted by Gasteiger charge is -2.15. The third-order valence-electron chi connectivity index (χ3n) is 5.78. The highest BCUT2D eigenvalue weighted by Crippen LogP contribution is 2.44. The van der Waals surface area contributed by atoms with E-state index in [0.717, 1.165) is 22.3 Å². The largest absolute Gasteiger partial charge is 0.479 e. The van der Waals surface area contributed by atoms with Gasteiger partial charge in [-0.15, -0.1) is 0 Å². The van der Waals surface area contributed by atoms with Gasteiger partial charge < -0.3 is 25.2 Å². The summed E-state index contributed by atoms with van der Waals surface area (Å²) in [6, 6.07) is 23.4. The van der Waals surface area contributed by atoms with Gasteiger partial charge in [0, 0.05) is 12.5 Å². The van der Waals surface area contributed by atoms with Crippen LogP contribution in [0.5, 0.6) is 0 Å². The highest BCUT2D eigenvalue weighted by atomic mass is 16.5. The molecule has 3 N–H and O–H groups in total. The Labute approximate surface area is 202 Å². The van der Waals surface area contributed by atoms with E-state index in [1.807, 2.05) is 36.4 Å². The summed E-state index contributed by atoms with van der Waals surface area (Å²) in [6.45, 7) is 0.0911. The zero-order chi connectivity index (χ0) is 24.6. The van der Waals surface area contributed by atoms with Crippen molar-refractivity contribution in [2.75, 3.05) is 26.4 Å². The summed E-state index contributed by atoms with van der Waals surface area (Å²) in [5.41, 5.74) is 5.03. The topological polar surface area (TPSA) is 114 Å². The summed E-state index contributed by atoms with van der Waals surface area (Å²) in [4.78, 5) is 35.7. The maximum Gasteiger partial charge on any atom is 0.407 e. The molecule has 8 nitrogen and oxygen atoms in total. The van der Waals surface area contributed by atoms with Gasteiger partial charge in [-0.3, -0.25) is 4.79 Å². The van der Waals surface area contributed by atoms with Crippen molar-refractivity contribution >= 4 is 18.0 Å². The minimum Gasteiger partial charge on any atom is -0.479 e. The summed E-state index contributed by atoms with van der Waals surface area (Å²) in [5.74, 6) is -1.76. The lowest BCUT2D eigenvalue weighted by atomic mass is 9.98. The molecular weight excluding hydrogens is 448 g/mol. The highest BCUT2D eigenvalue weighted by molar-refractivity contribution is 5.85. The van der Waals surface area contributed by atoms with Gasteiger partial charge in [0.05, 0.1) is 6.61 Å². The van der Waals surface area contributed by atoms with Gasteiger partial charge in [0.15, 0.2) is 6.04 Å². The molecule has 1 aliphatic carbocycles. The molecule has 0 bridgehead atoms. The molecule has 0 spiro atoms. The van der Waals surface area contributed by atoms with Crippen LogP contribution >= 0.6 is 0 Å². The summed E-state index contributed by atoms with van der Waals surface area (Å²) in [7, 11) is 0. The summed E-state index contributed by atoms with van der Waals surface area (Å²) in [5, 5.41) is 14.4. The Morgan fingerprint density at radius 1 is 0.857 bits per heavy atom. The van der Waals surface area contributed by atoms with Gasteiger partial charge >= 0.3 is 12.1 Å². The van der Waals surface area contributed by atoms with Crippen LogP contribution in [0.15, 0.2) is 78.9 Å². The van der Waals surface area contributed by atoms with Gasteiger partial charge in [-0.25, -0.2) is 9.59 Å². The third kappa shape index (κ3) is 5.85. The number of fused-ring (bicyclic) bond motifs is 3. The molecule has 0 fully saturated rings. The van der Waals surface area contributed by atoms with Crippen LogP contribution < -0.4 is 10.6 Å². The first kappa shape index (κ1) is 24.0. The van der Waals surface area contributed by atoms with Gasteiger partial charge in [-0.05, 0) is 27.8 Å². The molecule has 0 aliphatic heterocycles. The monoisotopic (exact) mass is 474 g/mol. The fourth-order valence-corrected chi connectivity index (χ4v) is 4.18. The molecule has 180 valence electrons. The van der Waals surface area contributed by atoms with Crippen molar-refractivity contribution in [3.63, 3.8) is 0 Å². The molecule has 35 heavy (non-hydrogen) atoms. The van der Waals surface area contributed by atoms with Crippen molar-refractivity contribution in [3.05, 3.63) is 95.6 Å². The average molecular weight is 475 g/mol. The SMILES string of the molecule is O=C(COCCNC(=O)OCC1c2ccccc2-c2ccccc21)N[C@@H](C(=O)O)c1ccccc1. The Balaban J connectivity index is 1.18. The fourth-order valence-electron chi connectivity index (χ4n) is 4.18. The predicted octanol–water partition coefficient (Wildman–Crippen LogP) is 3.48. The van der Waals surface area contributed by atoms with E-state index in [-0.39, 0.29) is 32.3 Å². The smallest absolute Gasteiger partial charge is 0.407 e. The quantitative estimate of drug-likeness (QED) is 0.388. The van der Waals surface area contributed by atoms with Crippen LogP contribution in [0.3, 0.4) is 0 Å². The number of carbonyl (C=O) groups excluding carboxylic acids is 2. The van der Waals surface area contributed by atoms with Crippen LogP contribution in [0, 0.1) is 0 Å². The van der Waals surface area contributed by atoms with Crippen molar-refractivity contribution in [2.24, 2.45) is 0 Å². The van der Waals surface area contributed by atoms with E-state index in [2.05, 4.69) is 22.8 Å². The Hall–Kier alpha value is -4.17. The Morgan fingerprint density at radius 3 is 2.09 bits per heavy atom. The van der Waals surface area contributed by atoms with E-state index in [0.29, 0.717) is 5.56 Å². The number of amides is 2. The van der Waals surface area contributed by atoms with Crippen LogP contribution in [-0.4, -0.2) is 49.4 Å². The first-order valence-corrected chi connectivity index (χ1v) is 11.3.